The molecule has 1 N–H and O–H groups in total. The van der Waals surface area contributed by atoms with Crippen LogP contribution in [0.4, 0.5) is 14.6 Å². The van der Waals surface area contributed by atoms with Crippen molar-refractivity contribution in [3.8, 4) is 29.6 Å². The summed E-state index contributed by atoms with van der Waals surface area (Å²) in [6.45, 7) is 3.29. The van der Waals surface area contributed by atoms with Gasteiger partial charge in [-0.25, -0.2) is 13.8 Å². The van der Waals surface area contributed by atoms with Gasteiger partial charge in [0.25, 0.3) is 10.0 Å². The van der Waals surface area contributed by atoms with Gasteiger partial charge in [-0.1, -0.05) is 42.3 Å². The van der Waals surface area contributed by atoms with Crippen LogP contribution in [0.15, 0.2) is 72.0 Å². The second kappa shape index (κ2) is 13.6. The molecule has 3 aromatic carbocycles. The summed E-state index contributed by atoms with van der Waals surface area (Å²) in [4.78, 5) is 22.9. The number of anilines is 1. The van der Waals surface area contributed by atoms with Crippen molar-refractivity contribution in [2.24, 2.45) is 0 Å². The first-order valence-electron chi connectivity index (χ1n) is 18.9. The minimum Gasteiger partial charge on any atom is -0.459 e. The standard InChI is InChI=1S/C41H37F2N9O3S/c1-2-31-34(42)15-10-25-4-3-5-32(35(25)31)37-36(43)38-33(18-44-37)40(51-20-27-11-12-28(21-51)46-27)48-41(47-38)55-29-16-17-50(22-29)19-24-6-13-30(14-7-24)56(53,54)52-23-45-39(49-52)26-8-9-26/h1,3-7,10,13-15,18,23,26-29,46H,8-9,11-12,16-17,19-22H2/t27-,28+,29?. The van der Waals surface area contributed by atoms with Crippen LogP contribution in [0.5, 0.6) is 6.01 Å². The molecule has 1 saturated carbocycles. The van der Waals surface area contributed by atoms with Crippen molar-refractivity contribution in [2.45, 2.75) is 67.6 Å². The number of ether oxygens (including phenoxy) is 1. The smallest absolute Gasteiger partial charge is 0.319 e. The van der Waals surface area contributed by atoms with E-state index in [2.05, 4.69) is 41.1 Å². The second-order valence-electron chi connectivity index (χ2n) is 15.2. The first-order chi connectivity index (χ1) is 27.2. The van der Waals surface area contributed by atoms with E-state index in [9.17, 15) is 12.8 Å². The molecule has 6 aromatic rings. The van der Waals surface area contributed by atoms with E-state index in [1.165, 1.54) is 12.4 Å². The second-order valence-corrected chi connectivity index (χ2v) is 17.0. The van der Waals surface area contributed by atoms with Gasteiger partial charge in [0.15, 0.2) is 11.6 Å². The van der Waals surface area contributed by atoms with Crippen LogP contribution < -0.4 is 15.0 Å². The number of rotatable bonds is 9. The molecule has 3 aliphatic heterocycles. The number of benzene rings is 3. The summed E-state index contributed by atoms with van der Waals surface area (Å²) < 4.78 is 65.6. The van der Waals surface area contributed by atoms with Crippen molar-refractivity contribution >= 4 is 37.5 Å². The molecule has 15 heteroatoms. The molecule has 0 amide bonds. The number of terminal acetylenes is 1. The monoisotopic (exact) mass is 773 g/mol. The van der Waals surface area contributed by atoms with Crippen molar-refractivity contribution in [2.75, 3.05) is 31.1 Å². The van der Waals surface area contributed by atoms with Crippen molar-refractivity contribution in [3.63, 3.8) is 0 Å². The molecule has 0 spiro atoms. The molecule has 3 atom stereocenters. The minimum absolute atomic E-state index is 0.0105. The molecule has 4 fully saturated rings. The zero-order valence-corrected chi connectivity index (χ0v) is 31.1. The summed E-state index contributed by atoms with van der Waals surface area (Å²) in [6, 6.07) is 15.7. The van der Waals surface area contributed by atoms with Gasteiger partial charge >= 0.3 is 6.01 Å². The third kappa shape index (κ3) is 6.22. The zero-order valence-electron chi connectivity index (χ0n) is 30.3. The van der Waals surface area contributed by atoms with Crippen LogP contribution in [0.25, 0.3) is 32.9 Å². The van der Waals surface area contributed by atoms with E-state index in [4.69, 9.17) is 16.1 Å². The average Bonchev–Trinajstić information content (AvgIpc) is 3.58. The van der Waals surface area contributed by atoms with Gasteiger partial charge in [-0.05, 0) is 61.3 Å². The lowest BCUT2D eigenvalue weighted by Crippen LogP contribution is -2.51. The maximum absolute atomic E-state index is 16.9. The molecule has 4 aliphatic rings. The van der Waals surface area contributed by atoms with Crippen LogP contribution in [0.3, 0.4) is 0 Å². The summed E-state index contributed by atoms with van der Waals surface area (Å²) in [5, 5.41) is 9.39. The van der Waals surface area contributed by atoms with Gasteiger partial charge in [-0.3, -0.25) is 9.88 Å². The number of hydrogen-bond acceptors (Lipinski definition) is 11. The molecular weight excluding hydrogens is 737 g/mol. The van der Waals surface area contributed by atoms with Gasteiger partial charge in [0, 0.05) is 67.9 Å². The number of aromatic nitrogens is 6. The third-order valence-corrected chi connectivity index (χ3v) is 12.9. The minimum atomic E-state index is -3.84. The Hall–Kier alpha value is -5.56. The fraction of sp³-hybridized carbons (Fsp3) is 0.341. The largest absolute Gasteiger partial charge is 0.459 e. The van der Waals surface area contributed by atoms with Gasteiger partial charge < -0.3 is 15.0 Å². The average molecular weight is 774 g/mol. The highest BCUT2D eigenvalue weighted by molar-refractivity contribution is 7.89. The van der Waals surface area contributed by atoms with Crippen LogP contribution in [0.2, 0.25) is 0 Å². The Morgan fingerprint density at radius 1 is 0.929 bits per heavy atom. The Labute approximate surface area is 322 Å². The van der Waals surface area contributed by atoms with Gasteiger partial charge in [0.1, 0.15) is 35.3 Å². The van der Waals surface area contributed by atoms with Gasteiger partial charge in [0.05, 0.1) is 15.8 Å². The molecule has 12 nitrogen and oxygen atoms in total. The van der Waals surface area contributed by atoms with E-state index in [1.54, 1.807) is 42.6 Å². The molecule has 3 saturated heterocycles. The summed E-state index contributed by atoms with van der Waals surface area (Å²) in [5.74, 6) is 2.60. The lowest BCUT2D eigenvalue weighted by atomic mass is 9.96. The molecule has 0 radical (unpaired) electrons. The van der Waals surface area contributed by atoms with Crippen LogP contribution >= 0.6 is 0 Å². The lowest BCUT2D eigenvalue weighted by molar-refractivity contribution is 0.184. The Balaban J connectivity index is 0.924. The van der Waals surface area contributed by atoms with Crippen molar-refractivity contribution in [1.29, 1.82) is 0 Å². The highest BCUT2D eigenvalue weighted by atomic mass is 32.2. The van der Waals surface area contributed by atoms with E-state index in [-0.39, 0.29) is 39.7 Å². The number of nitrogens with zero attached hydrogens (tertiary/aromatic N) is 8. The molecule has 2 bridgehead atoms. The number of nitrogens with one attached hydrogen (secondary N) is 1. The van der Waals surface area contributed by atoms with Crippen molar-refractivity contribution < 1.29 is 21.9 Å². The first kappa shape index (κ1) is 34.9. The van der Waals surface area contributed by atoms with Gasteiger partial charge in [-0.2, -0.15) is 18.4 Å². The molecule has 3 aromatic heterocycles. The summed E-state index contributed by atoms with van der Waals surface area (Å²) >= 11 is 0. The number of pyridine rings is 1. The Morgan fingerprint density at radius 3 is 2.50 bits per heavy atom. The normalized spacial score (nSPS) is 21.2. The highest BCUT2D eigenvalue weighted by Crippen LogP contribution is 2.39. The molecular formula is C41H37F2N9O3S. The zero-order chi connectivity index (χ0) is 38.1. The topological polar surface area (TPSA) is 131 Å². The Kier molecular flexibility index (Phi) is 8.46. The van der Waals surface area contributed by atoms with Crippen molar-refractivity contribution in [3.05, 3.63) is 95.7 Å². The predicted molar refractivity (Wildman–Crippen MR) is 206 cm³/mol. The number of hydrogen-bond donors (Lipinski definition) is 1. The quantitative estimate of drug-likeness (QED) is 0.190. The summed E-state index contributed by atoms with van der Waals surface area (Å²) in [7, 11) is -3.84. The molecule has 6 heterocycles. The predicted octanol–water partition coefficient (Wildman–Crippen LogP) is 5.40. The van der Waals surface area contributed by atoms with Crippen LogP contribution in [-0.2, 0) is 16.6 Å². The molecule has 284 valence electrons. The van der Waals surface area contributed by atoms with Crippen molar-refractivity contribution in [1.82, 2.24) is 39.3 Å². The fourth-order valence-corrected chi connectivity index (χ4v) is 9.45. The summed E-state index contributed by atoms with van der Waals surface area (Å²) in [5.41, 5.74) is 1.44. The fourth-order valence-electron chi connectivity index (χ4n) is 8.39. The molecule has 1 aliphatic carbocycles. The van der Waals surface area contributed by atoms with Gasteiger partial charge in [0.2, 0.25) is 0 Å². The maximum Gasteiger partial charge on any atom is 0.319 e. The van der Waals surface area contributed by atoms with Gasteiger partial charge in [-0.15, -0.1) is 15.6 Å². The van der Waals surface area contributed by atoms with Crippen LogP contribution in [0.1, 0.15) is 55.0 Å². The summed E-state index contributed by atoms with van der Waals surface area (Å²) in [6.07, 6.45) is 13.1. The number of fused-ring (bicyclic) bond motifs is 4. The van der Waals surface area contributed by atoms with Crippen LogP contribution in [0, 0.1) is 24.0 Å². The third-order valence-electron chi connectivity index (χ3n) is 11.4. The number of halogens is 2. The Bertz CT molecular complexity index is 2670. The number of likely N-dealkylation sites (tertiary alicyclic amines) is 1. The Morgan fingerprint density at radius 2 is 1.73 bits per heavy atom. The highest BCUT2D eigenvalue weighted by Gasteiger charge is 2.35. The van der Waals surface area contributed by atoms with E-state index in [1.807, 2.05) is 12.1 Å². The molecule has 56 heavy (non-hydrogen) atoms. The lowest BCUT2D eigenvalue weighted by Gasteiger charge is -2.34. The molecule has 10 rings (SSSR count). The number of piperazine rings is 1. The van der Waals surface area contributed by atoms with E-state index in [0.717, 1.165) is 41.9 Å². The first-order valence-corrected chi connectivity index (χ1v) is 20.4. The molecule has 1 unspecified atom stereocenters. The SMILES string of the molecule is C#Cc1c(F)ccc2cccc(-c3ncc4c(N5C[C@H]6CC[C@@H](C5)N6)nc(OC5CCN(Cc6ccc(S(=O)(=O)n7cnc(C8CC8)n7)cc6)C5)nc4c3F)c12. The van der Waals surface area contributed by atoms with E-state index >= 15 is 4.39 Å². The van der Waals surface area contributed by atoms with Crippen LogP contribution in [-0.4, -0.2) is 86.8 Å². The maximum atomic E-state index is 16.9. The van der Waals surface area contributed by atoms with E-state index in [0.29, 0.717) is 78.0 Å². The van der Waals surface area contributed by atoms with E-state index < -0.39 is 21.7 Å².